The van der Waals surface area contributed by atoms with Gasteiger partial charge in [-0.1, -0.05) is 0 Å². The molecule has 2 saturated heterocycles. The van der Waals surface area contributed by atoms with Gasteiger partial charge in [0.1, 0.15) is 6.04 Å². The molecule has 2 aliphatic heterocycles. The third-order valence-corrected chi connectivity index (χ3v) is 8.59. The zero-order valence-electron chi connectivity index (χ0n) is 13.6. The van der Waals surface area contributed by atoms with Crippen LogP contribution in [0.5, 0.6) is 0 Å². The van der Waals surface area contributed by atoms with E-state index in [2.05, 4.69) is 15.3 Å². The average Bonchev–Trinajstić information content (AvgIpc) is 2.64. The number of anilines is 2. The van der Waals surface area contributed by atoms with Crippen LogP contribution in [0.2, 0.25) is 0 Å². The van der Waals surface area contributed by atoms with E-state index in [9.17, 15) is 14.1 Å². The van der Waals surface area contributed by atoms with E-state index in [1.54, 1.807) is 17.3 Å². The van der Waals surface area contributed by atoms with Crippen molar-refractivity contribution in [1.82, 2.24) is 19.0 Å². The van der Waals surface area contributed by atoms with E-state index in [0.29, 0.717) is 44.2 Å². The smallest absolute Gasteiger partial charge is 0.248 e. The molecule has 1 aromatic rings. The van der Waals surface area contributed by atoms with Gasteiger partial charge in [-0.3, -0.25) is 14.5 Å². The number of amides is 2. The molecule has 0 aromatic carbocycles. The lowest BCUT2D eigenvalue weighted by Crippen LogP contribution is -2.51. The van der Waals surface area contributed by atoms with Crippen LogP contribution in [-0.2, 0) is 30.7 Å². The molecule has 2 atom stereocenters. The maximum Gasteiger partial charge on any atom is 0.248 e. The van der Waals surface area contributed by atoms with Gasteiger partial charge in [-0.2, -0.15) is 0 Å². The quantitative estimate of drug-likeness (QED) is 0.422. The summed E-state index contributed by atoms with van der Waals surface area (Å²) in [7, 11) is -0.190. The summed E-state index contributed by atoms with van der Waals surface area (Å²) >= 11 is 6.94. The highest BCUT2D eigenvalue weighted by molar-refractivity contribution is 14.2. The molecule has 13 heteroatoms. The second-order valence-corrected chi connectivity index (χ2v) is 9.39. The number of nitrogens with one attached hydrogen (secondary N) is 1. The van der Waals surface area contributed by atoms with Gasteiger partial charge in [0.2, 0.25) is 17.8 Å². The van der Waals surface area contributed by atoms with Crippen molar-refractivity contribution in [2.45, 2.75) is 18.9 Å². The van der Waals surface area contributed by atoms with Gasteiger partial charge >= 0.3 is 0 Å². The van der Waals surface area contributed by atoms with Crippen molar-refractivity contribution in [3.8, 4) is 0 Å². The predicted molar refractivity (Wildman–Crippen MR) is 113 cm³/mol. The van der Waals surface area contributed by atoms with Crippen LogP contribution in [0, 0.1) is 0 Å². The second-order valence-electron chi connectivity index (χ2n) is 5.70. The zero-order chi connectivity index (χ0) is 18.7. The Balaban J connectivity index is 1.77. The second kappa shape index (κ2) is 9.16. The summed E-state index contributed by atoms with van der Waals surface area (Å²) in [6.07, 6.45) is 4.52. The van der Waals surface area contributed by atoms with Gasteiger partial charge in [0.15, 0.2) is 0 Å². The Hall–Kier alpha value is -0.450. The molecule has 0 spiro atoms. The number of carbonyl (C=O) groups is 2. The van der Waals surface area contributed by atoms with Gasteiger partial charge in [0, 0.05) is 50.0 Å². The van der Waals surface area contributed by atoms with Crippen LogP contribution in [0.15, 0.2) is 12.4 Å². The third-order valence-electron chi connectivity index (χ3n) is 4.15. The number of hydrogen-bond acceptors (Lipinski definition) is 7. The van der Waals surface area contributed by atoms with E-state index in [1.807, 2.05) is 21.2 Å². The minimum atomic E-state index is -1.42. The molecular formula is C13H17IN6O3S3. The maximum atomic E-state index is 12.8. The number of rotatable bonds is 5. The fourth-order valence-electron chi connectivity index (χ4n) is 2.90. The van der Waals surface area contributed by atoms with E-state index in [1.165, 1.54) is 17.7 Å². The molecule has 2 unspecified atom stereocenters. The van der Waals surface area contributed by atoms with Crippen LogP contribution >= 0.6 is 30.3 Å². The van der Waals surface area contributed by atoms with Crippen molar-refractivity contribution in [2.75, 3.05) is 36.0 Å². The van der Waals surface area contributed by atoms with Crippen LogP contribution in [0.1, 0.15) is 12.8 Å². The molecule has 2 N–H and O–H groups in total. The standard InChI is InChI=1S/C13H17IN6O3S3/c14-25-20(26(23)24)10-2-1-4-19(12(10)22)13-16-6-9(7-17-13)18-5-3-15-8-11(18)21/h6-7,10,15H,1-5,8H2,(H,23,24). The highest BCUT2D eigenvalue weighted by atomic mass is 127. The Labute approximate surface area is 174 Å². The summed E-state index contributed by atoms with van der Waals surface area (Å²) in [5, 5.41) is 3.01. The summed E-state index contributed by atoms with van der Waals surface area (Å²) < 4.78 is 11.3. The number of halogens is 1. The van der Waals surface area contributed by atoms with E-state index < -0.39 is 16.0 Å². The molecule has 0 saturated carbocycles. The number of carbonyl (C=O) groups excluding carboxylic acids is 2. The molecule has 26 heavy (non-hydrogen) atoms. The van der Waals surface area contributed by atoms with Gasteiger partial charge in [-0.25, -0.2) is 9.97 Å². The zero-order valence-corrected chi connectivity index (χ0v) is 18.2. The molecule has 9 nitrogen and oxygen atoms in total. The fourth-order valence-corrected chi connectivity index (χ4v) is 7.56. The molecule has 142 valence electrons. The topological polar surface area (TPSA) is 102 Å². The van der Waals surface area contributed by atoms with Gasteiger partial charge in [-0.05, 0) is 24.0 Å². The molecule has 0 aliphatic carbocycles. The summed E-state index contributed by atoms with van der Waals surface area (Å²) in [6, 6.07) is -0.505. The minimum absolute atomic E-state index is 0.0307. The van der Waals surface area contributed by atoms with E-state index in [-0.39, 0.29) is 11.8 Å². The van der Waals surface area contributed by atoms with Gasteiger partial charge in [-0.15, -0.1) is 3.71 Å². The molecule has 0 bridgehead atoms. The normalized spacial score (nSPS) is 22.8. The number of hydrogen-bond donors (Lipinski definition) is 2. The first-order valence-corrected chi connectivity index (χ1v) is 13.2. The van der Waals surface area contributed by atoms with Crippen LogP contribution < -0.4 is 15.1 Å². The Bertz CT molecular complexity index is 709. The minimum Gasteiger partial charge on any atom is -0.315 e. The average molecular weight is 528 g/mol. The fraction of sp³-hybridized carbons (Fsp3) is 0.538. The number of piperidine rings is 1. The summed E-state index contributed by atoms with van der Waals surface area (Å²) in [5.74, 6) is 0.0892. The summed E-state index contributed by atoms with van der Waals surface area (Å²) in [5.41, 5.74) is 0.619. The Morgan fingerprint density at radius 1 is 1.35 bits per heavy atom. The Morgan fingerprint density at radius 3 is 2.69 bits per heavy atom. The largest absolute Gasteiger partial charge is 0.315 e. The Morgan fingerprint density at radius 2 is 2.08 bits per heavy atom. The molecule has 3 rings (SSSR count). The number of piperazine rings is 1. The van der Waals surface area contributed by atoms with E-state index >= 15 is 0 Å². The van der Waals surface area contributed by atoms with Crippen LogP contribution in [0.25, 0.3) is 0 Å². The first kappa shape index (κ1) is 20.3. The van der Waals surface area contributed by atoms with Crippen molar-refractivity contribution in [3.63, 3.8) is 0 Å². The highest BCUT2D eigenvalue weighted by Gasteiger charge is 2.37. The predicted octanol–water partition coefficient (Wildman–Crippen LogP) is 0.677. The maximum absolute atomic E-state index is 12.8. The van der Waals surface area contributed by atoms with Gasteiger partial charge in [0.05, 0.1) is 34.5 Å². The molecule has 2 fully saturated rings. The summed E-state index contributed by atoms with van der Waals surface area (Å²) in [6.45, 7) is 2.08. The van der Waals surface area contributed by atoms with Gasteiger partial charge < -0.3 is 14.8 Å². The van der Waals surface area contributed by atoms with Crippen LogP contribution in [0.3, 0.4) is 0 Å². The first-order chi connectivity index (χ1) is 12.5. The highest BCUT2D eigenvalue weighted by Crippen LogP contribution is 2.30. The monoisotopic (exact) mass is 528 g/mol. The SMILES string of the molecule is O=C1CNCCN1c1cnc(N2CCCC(N(SI)S(O)=S)C2=O)nc1. The lowest BCUT2D eigenvalue weighted by molar-refractivity contribution is -0.122. The van der Waals surface area contributed by atoms with Crippen LogP contribution in [-0.4, -0.2) is 62.3 Å². The van der Waals surface area contributed by atoms with Crippen molar-refractivity contribution in [1.29, 1.82) is 0 Å². The lowest BCUT2D eigenvalue weighted by atomic mass is 10.1. The van der Waals surface area contributed by atoms with Gasteiger partial charge in [0.25, 0.3) is 0 Å². The lowest BCUT2D eigenvalue weighted by Gasteiger charge is -2.34. The van der Waals surface area contributed by atoms with Crippen molar-refractivity contribution in [2.24, 2.45) is 0 Å². The molecule has 3 heterocycles. The van der Waals surface area contributed by atoms with E-state index in [4.69, 9.17) is 11.2 Å². The summed E-state index contributed by atoms with van der Waals surface area (Å²) in [4.78, 5) is 36.5. The van der Waals surface area contributed by atoms with Crippen LogP contribution in [0.4, 0.5) is 11.6 Å². The Kier molecular flexibility index (Phi) is 7.15. The van der Waals surface area contributed by atoms with Crippen molar-refractivity contribution >= 4 is 74.9 Å². The molecule has 2 amide bonds. The van der Waals surface area contributed by atoms with Crippen molar-refractivity contribution < 1.29 is 14.1 Å². The van der Waals surface area contributed by atoms with Crippen molar-refractivity contribution in [3.05, 3.63) is 12.4 Å². The molecule has 2 aliphatic rings. The molecular weight excluding hydrogens is 511 g/mol. The first-order valence-electron chi connectivity index (χ1n) is 7.86. The number of nitrogens with zero attached hydrogens (tertiary/aromatic N) is 5. The third kappa shape index (κ3) is 4.34. The molecule has 0 radical (unpaired) electrons. The molecule has 1 aromatic heterocycles. The van der Waals surface area contributed by atoms with E-state index in [0.717, 1.165) is 6.42 Å². The number of aromatic nitrogens is 2.